The van der Waals surface area contributed by atoms with Crippen LogP contribution in [-0.4, -0.2) is 169 Å². The number of nitrogens with two attached hydrogens (primary N) is 4. The molecule has 1 aliphatic rings. The van der Waals surface area contributed by atoms with Gasteiger partial charge in [0.05, 0.1) is 19.0 Å². The highest BCUT2D eigenvalue weighted by Gasteiger charge is 2.41. The number of rotatable bonds is 33. The number of hydrogen-bond acceptors (Lipinski definition) is 14. The largest absolute Gasteiger partial charge is 0.480 e. The van der Waals surface area contributed by atoms with Gasteiger partial charge in [0, 0.05) is 61.3 Å². The fourth-order valence-electron chi connectivity index (χ4n) is 9.26. The molecule has 446 valence electrons. The predicted octanol–water partition coefficient (Wildman–Crippen LogP) is -2.47. The van der Waals surface area contributed by atoms with Gasteiger partial charge in [-0.05, 0) is 67.9 Å². The molecule has 0 aliphatic carbocycles. The van der Waals surface area contributed by atoms with Crippen LogP contribution in [0.1, 0.15) is 104 Å². The molecule has 19 N–H and O–H groups in total. The lowest BCUT2D eigenvalue weighted by molar-refractivity contribution is -0.143. The maximum Gasteiger partial charge on any atom is 0.326 e. The first-order valence-corrected chi connectivity index (χ1v) is 27.2. The average molecular weight is 1140 g/mol. The van der Waals surface area contributed by atoms with Gasteiger partial charge in [-0.2, -0.15) is 0 Å². The number of carbonyl (C=O) groups excluding carboxylic acids is 9. The molecule has 1 saturated heterocycles. The number of carboxylic acid groups (broad SMARTS) is 1. The van der Waals surface area contributed by atoms with E-state index in [0.29, 0.717) is 35.9 Å². The van der Waals surface area contributed by atoms with Crippen LogP contribution in [0.3, 0.4) is 0 Å². The average Bonchev–Trinajstić information content (AvgIpc) is 4.23. The van der Waals surface area contributed by atoms with Crippen molar-refractivity contribution >= 4 is 76.0 Å². The number of amides is 9. The van der Waals surface area contributed by atoms with Crippen molar-refractivity contribution in [2.75, 3.05) is 19.7 Å². The first-order chi connectivity index (χ1) is 38.3. The van der Waals surface area contributed by atoms with Crippen molar-refractivity contribution in [3.8, 4) is 0 Å². The number of H-pyrrole nitrogens is 2. The molecule has 3 heterocycles. The number of benzene rings is 1. The minimum Gasteiger partial charge on any atom is -0.480 e. The molecule has 1 aliphatic heterocycles. The van der Waals surface area contributed by atoms with Gasteiger partial charge >= 0.3 is 5.97 Å². The van der Waals surface area contributed by atoms with Crippen molar-refractivity contribution in [2.24, 2.45) is 45.7 Å². The number of imidazole rings is 1. The molecule has 1 aromatic carbocycles. The first kappa shape index (κ1) is 65.4. The van der Waals surface area contributed by atoms with Gasteiger partial charge in [-0.1, -0.05) is 66.2 Å². The van der Waals surface area contributed by atoms with Gasteiger partial charge in [-0.25, -0.2) is 9.78 Å². The number of aliphatic imine (C=N–C) groups is 1. The van der Waals surface area contributed by atoms with E-state index in [2.05, 4.69) is 57.2 Å². The van der Waals surface area contributed by atoms with Crippen molar-refractivity contribution in [2.45, 2.75) is 160 Å². The quantitative estimate of drug-likeness (QED) is 0.0171. The summed E-state index contributed by atoms with van der Waals surface area (Å²) in [5.41, 5.74) is 24.3. The first-order valence-electron chi connectivity index (χ1n) is 27.2. The lowest BCUT2D eigenvalue weighted by atomic mass is 9.96. The van der Waals surface area contributed by atoms with Gasteiger partial charge in [0.15, 0.2) is 5.96 Å². The van der Waals surface area contributed by atoms with E-state index in [9.17, 15) is 58.2 Å². The predicted molar refractivity (Wildman–Crippen MR) is 297 cm³/mol. The van der Waals surface area contributed by atoms with Crippen LogP contribution in [0.2, 0.25) is 0 Å². The van der Waals surface area contributed by atoms with Crippen LogP contribution in [0.5, 0.6) is 0 Å². The third-order valence-corrected chi connectivity index (χ3v) is 14.0. The molecule has 28 heteroatoms. The Kier molecular flexibility index (Phi) is 25.5. The summed E-state index contributed by atoms with van der Waals surface area (Å²) in [5, 5.41) is 39.2. The number of aliphatic hydroxyl groups is 1. The fourth-order valence-corrected chi connectivity index (χ4v) is 9.26. The van der Waals surface area contributed by atoms with Crippen molar-refractivity contribution in [3.63, 3.8) is 0 Å². The Labute approximate surface area is 469 Å². The maximum absolute atomic E-state index is 14.7. The molecule has 0 spiro atoms. The molecule has 1 fully saturated rings. The summed E-state index contributed by atoms with van der Waals surface area (Å²) in [6, 6.07) is -4.89. The lowest BCUT2D eigenvalue weighted by Crippen LogP contribution is -2.61. The Morgan fingerprint density at radius 1 is 0.753 bits per heavy atom. The van der Waals surface area contributed by atoms with Crippen LogP contribution in [-0.2, 0) is 60.8 Å². The second-order valence-corrected chi connectivity index (χ2v) is 21.2. The van der Waals surface area contributed by atoms with Crippen LogP contribution in [0.15, 0.2) is 48.0 Å². The standard InChI is InChI=1S/C53H82N16O12/c1-7-29(6)43(68-46(74)35(14-10-18-59-53(56)57)62-44(72)33(54)20-27(2)3)50(78)65-38(22-31-24-58-26-61-31)51(79)69-19-11-15-40(69)49(77)63-36(16-17-41(55)71)45(73)66-39(25-70)48(76)64-37(47(75)67-42(28(4)5)52(80)81)21-30-23-60-34-13-9-8-12-32(30)34/h8-9,12-13,23-24,26-29,33,35-40,42-43,60,70H,7,10-11,14-22,25,54H2,1-6H3,(H2,55,71)(H,58,61)(H,62,72)(H,63,77)(H,64,76)(H,65,78)(H,66,73)(H,67,75)(H,68,74)(H,80,81)(H4,56,57,59)/t29-,33-,35-,36-,37-,38-,39-,40-,42-,43-/m0/s1. The highest BCUT2D eigenvalue weighted by molar-refractivity contribution is 5.99. The molecule has 0 bridgehead atoms. The topological polar surface area (TPSA) is 460 Å². The van der Waals surface area contributed by atoms with Gasteiger partial charge in [0.2, 0.25) is 53.2 Å². The minimum atomic E-state index is -1.75. The number of nitrogens with one attached hydrogen (secondary N) is 9. The number of carbonyl (C=O) groups is 10. The number of aliphatic hydroxyl groups excluding tert-OH is 1. The van der Waals surface area contributed by atoms with Crippen LogP contribution < -0.4 is 60.2 Å². The summed E-state index contributed by atoms with van der Waals surface area (Å²) >= 11 is 0. The normalized spacial score (nSPS) is 16.6. The number of aromatic amines is 2. The number of guanidine groups is 1. The Morgan fingerprint density at radius 2 is 1.37 bits per heavy atom. The third kappa shape index (κ3) is 19.9. The molecule has 0 saturated carbocycles. The number of hydrogen-bond donors (Lipinski definition) is 15. The van der Waals surface area contributed by atoms with Crippen molar-refractivity contribution in [1.82, 2.24) is 57.1 Å². The van der Waals surface area contributed by atoms with E-state index in [1.165, 1.54) is 17.4 Å². The minimum absolute atomic E-state index is 0.0283. The number of primary amides is 1. The van der Waals surface area contributed by atoms with Crippen molar-refractivity contribution < 1.29 is 58.2 Å². The van der Waals surface area contributed by atoms with E-state index in [0.717, 1.165) is 5.52 Å². The summed E-state index contributed by atoms with van der Waals surface area (Å²) < 4.78 is 0. The Morgan fingerprint density at radius 3 is 1.99 bits per heavy atom. The summed E-state index contributed by atoms with van der Waals surface area (Å²) in [6.45, 7) is 9.63. The number of aromatic nitrogens is 3. The number of para-hydroxylation sites is 1. The second-order valence-electron chi connectivity index (χ2n) is 21.2. The van der Waals surface area contributed by atoms with Crippen LogP contribution in [0.4, 0.5) is 0 Å². The molecule has 9 amide bonds. The number of nitrogens with zero attached hydrogens (tertiary/aromatic N) is 3. The van der Waals surface area contributed by atoms with Gasteiger partial charge in [-0.3, -0.25) is 48.1 Å². The molecule has 28 nitrogen and oxygen atoms in total. The summed E-state index contributed by atoms with van der Waals surface area (Å²) in [7, 11) is 0. The number of fused-ring (bicyclic) bond motifs is 1. The molecule has 4 rings (SSSR count). The smallest absolute Gasteiger partial charge is 0.326 e. The molecule has 2 aromatic heterocycles. The Hall–Kier alpha value is -8.14. The van der Waals surface area contributed by atoms with E-state index in [4.69, 9.17) is 22.9 Å². The highest BCUT2D eigenvalue weighted by atomic mass is 16.4. The van der Waals surface area contributed by atoms with Crippen LogP contribution in [0, 0.1) is 17.8 Å². The molecule has 3 aromatic rings. The van der Waals surface area contributed by atoms with E-state index in [1.807, 2.05) is 13.8 Å². The number of aliphatic carboxylic acids is 1. The third-order valence-electron chi connectivity index (χ3n) is 14.0. The number of likely N-dealkylation sites (tertiary alicyclic amines) is 1. The van der Waals surface area contributed by atoms with Crippen LogP contribution in [0.25, 0.3) is 10.9 Å². The fraction of sp³-hybridized carbons (Fsp3) is 0.585. The molecule has 0 unspecified atom stereocenters. The lowest BCUT2D eigenvalue weighted by Gasteiger charge is -2.32. The SMILES string of the molecule is CC[C@H](C)[C@H](NC(=O)[C@H](CCCN=C(N)N)NC(=O)[C@@H](N)CC(C)C)C(=O)N[C@@H](Cc1cnc[nH]1)C(=O)N1CCC[C@H]1C(=O)N[C@@H](CCC(N)=O)C(=O)N[C@@H](CO)C(=O)N[C@@H](Cc1c[nH]c2ccccc12)C(=O)N[C@H](C(=O)O)C(C)C. The van der Waals surface area contributed by atoms with Gasteiger partial charge in [0.1, 0.15) is 48.3 Å². The second kappa shape index (κ2) is 31.6. The zero-order valence-electron chi connectivity index (χ0n) is 46.8. The van der Waals surface area contributed by atoms with Crippen molar-refractivity contribution in [1.29, 1.82) is 0 Å². The van der Waals surface area contributed by atoms with E-state index >= 15 is 0 Å². The molecule has 81 heavy (non-hydrogen) atoms. The zero-order valence-corrected chi connectivity index (χ0v) is 46.8. The van der Waals surface area contributed by atoms with E-state index in [1.54, 1.807) is 58.2 Å². The zero-order chi connectivity index (χ0) is 60.1. The monoisotopic (exact) mass is 1130 g/mol. The maximum atomic E-state index is 14.7. The van der Waals surface area contributed by atoms with Gasteiger partial charge < -0.3 is 85.2 Å². The molecule has 10 atom stereocenters. The summed E-state index contributed by atoms with van der Waals surface area (Å²) in [5.74, 6) is -9.87. The highest BCUT2D eigenvalue weighted by Crippen LogP contribution is 2.22. The van der Waals surface area contributed by atoms with Gasteiger partial charge in [0.25, 0.3) is 0 Å². The van der Waals surface area contributed by atoms with E-state index in [-0.39, 0.29) is 57.1 Å². The Balaban J connectivity index is 1.56. The van der Waals surface area contributed by atoms with Gasteiger partial charge in [-0.15, -0.1) is 0 Å². The van der Waals surface area contributed by atoms with E-state index < -0.39 is 145 Å². The summed E-state index contributed by atoms with van der Waals surface area (Å²) in [4.78, 5) is 152. The number of carboxylic acids is 1. The molecular weight excluding hydrogens is 1050 g/mol. The molecule has 0 radical (unpaired) electrons. The Bertz CT molecular complexity index is 2670. The molecular formula is C53H82N16O12. The summed E-state index contributed by atoms with van der Waals surface area (Å²) in [6.07, 6.45) is 4.78. The van der Waals surface area contributed by atoms with Crippen molar-refractivity contribution in [3.05, 3.63) is 54.2 Å². The van der Waals surface area contributed by atoms with Crippen LogP contribution >= 0.6 is 0 Å².